The maximum Gasteiger partial charge on any atom is 0.141 e. The maximum atomic E-state index is 13.2. The zero-order valence-corrected chi connectivity index (χ0v) is 14.4. The fourth-order valence-electron chi connectivity index (χ4n) is 2.83. The minimum atomic E-state index is -0.220. The molecule has 0 aliphatic heterocycles. The van der Waals surface area contributed by atoms with Crippen molar-refractivity contribution in [3.63, 3.8) is 0 Å². The molecule has 0 atom stereocenters. The molecular formula is C20H14BrFN2. The lowest BCUT2D eigenvalue weighted by Crippen LogP contribution is -2.02. The van der Waals surface area contributed by atoms with Crippen LogP contribution in [0.5, 0.6) is 0 Å². The summed E-state index contributed by atoms with van der Waals surface area (Å²) in [5, 5.41) is 0. The molecule has 0 spiro atoms. The highest BCUT2D eigenvalue weighted by Crippen LogP contribution is 2.27. The average molecular weight is 381 g/mol. The number of hydrogen-bond acceptors (Lipinski definition) is 1. The average Bonchev–Trinajstić information content (AvgIpc) is 2.96. The number of imidazole rings is 1. The van der Waals surface area contributed by atoms with Crippen molar-refractivity contribution in [2.24, 2.45) is 0 Å². The number of nitrogens with zero attached hydrogens (tertiary/aromatic N) is 2. The molecule has 1 heterocycles. The van der Waals surface area contributed by atoms with Crippen molar-refractivity contribution in [1.82, 2.24) is 9.55 Å². The highest BCUT2D eigenvalue weighted by Gasteiger charge is 2.12. The monoisotopic (exact) mass is 380 g/mol. The molecule has 0 amide bonds. The van der Waals surface area contributed by atoms with Gasteiger partial charge >= 0.3 is 0 Å². The van der Waals surface area contributed by atoms with Crippen molar-refractivity contribution >= 4 is 27.0 Å². The van der Waals surface area contributed by atoms with Crippen LogP contribution in [-0.2, 0) is 6.54 Å². The highest BCUT2D eigenvalue weighted by atomic mass is 79.9. The molecule has 4 heteroatoms. The number of fused-ring (bicyclic) bond motifs is 1. The first-order valence-electron chi connectivity index (χ1n) is 7.66. The third kappa shape index (κ3) is 2.85. The second-order valence-electron chi connectivity index (χ2n) is 5.64. The van der Waals surface area contributed by atoms with Crippen molar-refractivity contribution < 1.29 is 4.39 Å². The summed E-state index contributed by atoms with van der Waals surface area (Å²) in [4.78, 5) is 4.80. The summed E-state index contributed by atoms with van der Waals surface area (Å²) in [6.45, 7) is 0.645. The Morgan fingerprint density at radius 2 is 1.58 bits per heavy atom. The van der Waals surface area contributed by atoms with E-state index in [1.807, 2.05) is 54.6 Å². The number of benzene rings is 3. The van der Waals surface area contributed by atoms with Gasteiger partial charge in [-0.05, 0) is 42.0 Å². The van der Waals surface area contributed by atoms with Gasteiger partial charge < -0.3 is 4.57 Å². The van der Waals surface area contributed by atoms with Crippen LogP contribution in [0, 0.1) is 5.82 Å². The number of hydrogen-bond donors (Lipinski definition) is 0. The topological polar surface area (TPSA) is 17.8 Å². The molecule has 0 radical (unpaired) electrons. The first kappa shape index (κ1) is 15.1. The van der Waals surface area contributed by atoms with Gasteiger partial charge in [0.05, 0.1) is 11.0 Å². The molecule has 0 aliphatic rings. The molecule has 0 fully saturated rings. The molecular weight excluding hydrogens is 367 g/mol. The lowest BCUT2D eigenvalue weighted by Gasteiger charge is -2.10. The molecule has 2 nitrogen and oxygen atoms in total. The van der Waals surface area contributed by atoms with E-state index in [0.717, 1.165) is 32.5 Å². The van der Waals surface area contributed by atoms with Crippen LogP contribution < -0.4 is 0 Å². The zero-order chi connectivity index (χ0) is 16.5. The van der Waals surface area contributed by atoms with E-state index >= 15 is 0 Å². The van der Waals surface area contributed by atoms with Crippen molar-refractivity contribution in [2.45, 2.75) is 6.54 Å². The van der Waals surface area contributed by atoms with Gasteiger partial charge in [0.1, 0.15) is 11.6 Å². The van der Waals surface area contributed by atoms with E-state index in [4.69, 9.17) is 4.98 Å². The summed E-state index contributed by atoms with van der Waals surface area (Å²) >= 11 is 3.47. The van der Waals surface area contributed by atoms with Gasteiger partial charge in [-0.2, -0.15) is 0 Å². The maximum absolute atomic E-state index is 13.2. The summed E-state index contributed by atoms with van der Waals surface area (Å²) in [5.41, 5.74) is 4.12. The molecule has 118 valence electrons. The molecule has 0 unspecified atom stereocenters. The summed E-state index contributed by atoms with van der Waals surface area (Å²) in [7, 11) is 0. The van der Waals surface area contributed by atoms with Crippen LogP contribution in [0.3, 0.4) is 0 Å². The van der Waals surface area contributed by atoms with Crippen LogP contribution in [0.15, 0.2) is 77.3 Å². The molecule has 1 aromatic heterocycles. The predicted octanol–water partition coefficient (Wildman–Crippen LogP) is 5.65. The molecule has 0 N–H and O–H groups in total. The van der Waals surface area contributed by atoms with E-state index in [1.165, 1.54) is 12.1 Å². The number of halogens is 2. The highest BCUT2D eigenvalue weighted by molar-refractivity contribution is 9.10. The first-order valence-corrected chi connectivity index (χ1v) is 8.46. The molecule has 3 aromatic carbocycles. The molecule has 0 saturated carbocycles. The molecule has 0 saturated heterocycles. The zero-order valence-electron chi connectivity index (χ0n) is 12.8. The standard InChI is InChI=1S/C20H14BrFN2/c21-16-9-7-15(8-10-16)20-23-18-3-1-2-4-19(18)24(20)13-14-5-11-17(22)12-6-14/h1-12H,13H2. The molecule has 0 bridgehead atoms. The molecule has 4 rings (SSSR count). The van der Waals surface area contributed by atoms with Crippen molar-refractivity contribution in [3.8, 4) is 11.4 Å². The van der Waals surface area contributed by atoms with E-state index in [9.17, 15) is 4.39 Å². The Morgan fingerprint density at radius 3 is 2.33 bits per heavy atom. The van der Waals surface area contributed by atoms with Crippen LogP contribution in [0.25, 0.3) is 22.4 Å². The Morgan fingerprint density at radius 1 is 0.875 bits per heavy atom. The van der Waals surface area contributed by atoms with Gasteiger partial charge in [-0.25, -0.2) is 9.37 Å². The van der Waals surface area contributed by atoms with E-state index in [0.29, 0.717) is 6.54 Å². The molecule has 0 aliphatic carbocycles. The quantitative estimate of drug-likeness (QED) is 0.448. The minimum Gasteiger partial charge on any atom is -0.319 e. The Kier molecular flexibility index (Phi) is 3.90. The van der Waals surface area contributed by atoms with Gasteiger partial charge in [0, 0.05) is 16.6 Å². The summed E-state index contributed by atoms with van der Waals surface area (Å²) in [5.74, 6) is 0.690. The van der Waals surface area contributed by atoms with Crippen LogP contribution in [-0.4, -0.2) is 9.55 Å². The van der Waals surface area contributed by atoms with E-state index in [2.05, 4.69) is 26.6 Å². The van der Waals surface area contributed by atoms with E-state index < -0.39 is 0 Å². The number of rotatable bonds is 3. The third-order valence-corrected chi connectivity index (χ3v) is 4.54. The molecule has 4 aromatic rings. The summed E-state index contributed by atoms with van der Waals surface area (Å²) in [6.07, 6.45) is 0. The summed E-state index contributed by atoms with van der Waals surface area (Å²) in [6, 6.07) is 22.8. The van der Waals surface area contributed by atoms with Gasteiger partial charge in [-0.15, -0.1) is 0 Å². The minimum absolute atomic E-state index is 0.220. The van der Waals surface area contributed by atoms with Gasteiger partial charge in [-0.3, -0.25) is 0 Å². The van der Waals surface area contributed by atoms with Crippen LogP contribution in [0.4, 0.5) is 4.39 Å². The lowest BCUT2D eigenvalue weighted by molar-refractivity contribution is 0.626. The largest absolute Gasteiger partial charge is 0.319 e. The molecule has 24 heavy (non-hydrogen) atoms. The van der Waals surface area contributed by atoms with E-state index in [1.54, 1.807) is 0 Å². The first-order chi connectivity index (χ1) is 11.7. The fraction of sp³-hybridized carbons (Fsp3) is 0.0500. The van der Waals surface area contributed by atoms with E-state index in [-0.39, 0.29) is 5.82 Å². The summed E-state index contributed by atoms with van der Waals surface area (Å²) < 4.78 is 16.4. The fourth-order valence-corrected chi connectivity index (χ4v) is 3.09. The Balaban J connectivity index is 1.86. The third-order valence-electron chi connectivity index (χ3n) is 4.01. The Labute approximate surface area is 147 Å². The van der Waals surface area contributed by atoms with Gasteiger partial charge in [0.15, 0.2) is 0 Å². The van der Waals surface area contributed by atoms with Gasteiger partial charge in [0.25, 0.3) is 0 Å². The van der Waals surface area contributed by atoms with Crippen molar-refractivity contribution in [2.75, 3.05) is 0 Å². The predicted molar refractivity (Wildman–Crippen MR) is 98.4 cm³/mol. The SMILES string of the molecule is Fc1ccc(Cn2c(-c3ccc(Br)cc3)nc3ccccc32)cc1. The number of para-hydroxylation sites is 2. The second kappa shape index (κ2) is 6.21. The number of aromatic nitrogens is 2. The Hall–Kier alpha value is -2.46. The van der Waals surface area contributed by atoms with Gasteiger partial charge in [-0.1, -0.05) is 52.3 Å². The van der Waals surface area contributed by atoms with Gasteiger partial charge in [0.2, 0.25) is 0 Å². The second-order valence-corrected chi connectivity index (χ2v) is 6.56. The lowest BCUT2D eigenvalue weighted by atomic mass is 10.2. The van der Waals surface area contributed by atoms with Crippen LogP contribution >= 0.6 is 15.9 Å². The van der Waals surface area contributed by atoms with Crippen LogP contribution in [0.1, 0.15) is 5.56 Å². The smallest absolute Gasteiger partial charge is 0.141 e. The Bertz CT molecular complexity index is 989. The van der Waals surface area contributed by atoms with Crippen molar-refractivity contribution in [1.29, 1.82) is 0 Å². The van der Waals surface area contributed by atoms with Crippen molar-refractivity contribution in [3.05, 3.63) is 88.6 Å². The normalized spacial score (nSPS) is 11.1. The van der Waals surface area contributed by atoms with Crippen LogP contribution in [0.2, 0.25) is 0 Å².